The van der Waals surface area contributed by atoms with Gasteiger partial charge in [0.25, 0.3) is 0 Å². The van der Waals surface area contributed by atoms with Gasteiger partial charge in [0.1, 0.15) is 0 Å². The minimum Gasteiger partial charge on any atom is -0.465 e. The lowest BCUT2D eigenvalue weighted by Gasteiger charge is -2.03. The fourth-order valence-electron chi connectivity index (χ4n) is 1.67. The molecule has 0 amide bonds. The summed E-state index contributed by atoms with van der Waals surface area (Å²) < 4.78 is 4.67. The summed E-state index contributed by atoms with van der Waals surface area (Å²) in [7, 11) is 1.38. The topological polar surface area (TPSA) is 52.3 Å². The zero-order valence-corrected chi connectivity index (χ0v) is 9.07. The second kappa shape index (κ2) is 4.33. The van der Waals surface area contributed by atoms with Crippen molar-refractivity contribution in [1.29, 1.82) is 0 Å². The second-order valence-corrected chi connectivity index (χ2v) is 3.59. The highest BCUT2D eigenvalue weighted by Crippen LogP contribution is 2.18. The molecule has 2 aromatic carbocycles. The number of fused-ring (bicyclic) bond motifs is 1. The monoisotopic (exact) mass is 215 g/mol. The molecule has 0 aromatic heterocycles. The standard InChI is InChI=1S/C13H13NO2/c1-16-13(15)12-5-4-10-6-9(8-14)2-3-11(10)7-12/h2-7H,8,14H2,1H3. The van der Waals surface area contributed by atoms with Crippen molar-refractivity contribution in [3.8, 4) is 0 Å². The zero-order chi connectivity index (χ0) is 11.5. The molecular formula is C13H13NO2. The lowest BCUT2D eigenvalue weighted by Crippen LogP contribution is -2.00. The van der Waals surface area contributed by atoms with Gasteiger partial charge in [0.05, 0.1) is 12.7 Å². The highest BCUT2D eigenvalue weighted by atomic mass is 16.5. The molecule has 3 heteroatoms. The first-order valence-corrected chi connectivity index (χ1v) is 5.05. The van der Waals surface area contributed by atoms with Crippen LogP contribution in [0.1, 0.15) is 15.9 Å². The summed E-state index contributed by atoms with van der Waals surface area (Å²) >= 11 is 0. The highest BCUT2D eigenvalue weighted by molar-refractivity contribution is 5.95. The van der Waals surface area contributed by atoms with E-state index in [2.05, 4.69) is 4.74 Å². The predicted molar refractivity (Wildman–Crippen MR) is 63.2 cm³/mol. The van der Waals surface area contributed by atoms with E-state index in [0.717, 1.165) is 16.3 Å². The van der Waals surface area contributed by atoms with Crippen molar-refractivity contribution in [3.63, 3.8) is 0 Å². The number of methoxy groups -OCH3 is 1. The molecule has 16 heavy (non-hydrogen) atoms. The number of benzene rings is 2. The van der Waals surface area contributed by atoms with Crippen molar-refractivity contribution in [2.75, 3.05) is 7.11 Å². The van der Waals surface area contributed by atoms with Gasteiger partial charge in [-0.2, -0.15) is 0 Å². The number of esters is 1. The number of rotatable bonds is 2. The van der Waals surface area contributed by atoms with E-state index in [1.807, 2.05) is 30.3 Å². The van der Waals surface area contributed by atoms with E-state index in [1.165, 1.54) is 7.11 Å². The highest BCUT2D eigenvalue weighted by Gasteiger charge is 2.05. The molecule has 82 valence electrons. The Kier molecular flexibility index (Phi) is 2.88. The van der Waals surface area contributed by atoms with Gasteiger partial charge in [0.2, 0.25) is 0 Å². The Hall–Kier alpha value is -1.87. The molecule has 0 aliphatic carbocycles. The fourth-order valence-corrected chi connectivity index (χ4v) is 1.67. The van der Waals surface area contributed by atoms with Crippen LogP contribution in [0.3, 0.4) is 0 Å². The molecule has 0 unspecified atom stereocenters. The van der Waals surface area contributed by atoms with Gasteiger partial charge in [0, 0.05) is 6.54 Å². The van der Waals surface area contributed by atoms with Crippen LogP contribution in [0.25, 0.3) is 10.8 Å². The number of ether oxygens (including phenoxy) is 1. The van der Waals surface area contributed by atoms with Crippen molar-refractivity contribution in [3.05, 3.63) is 47.5 Å². The SMILES string of the molecule is COC(=O)c1ccc2cc(CN)ccc2c1. The van der Waals surface area contributed by atoms with Crippen LogP contribution in [0.4, 0.5) is 0 Å². The maximum absolute atomic E-state index is 11.3. The summed E-state index contributed by atoms with van der Waals surface area (Å²) in [5, 5.41) is 2.09. The molecular weight excluding hydrogens is 202 g/mol. The van der Waals surface area contributed by atoms with Gasteiger partial charge >= 0.3 is 5.97 Å². The molecule has 3 nitrogen and oxygen atoms in total. The average molecular weight is 215 g/mol. The van der Waals surface area contributed by atoms with E-state index in [4.69, 9.17) is 5.73 Å². The number of nitrogens with two attached hydrogens (primary N) is 1. The third-order valence-corrected chi connectivity index (χ3v) is 2.56. The molecule has 0 radical (unpaired) electrons. The quantitative estimate of drug-likeness (QED) is 0.780. The first kappa shape index (κ1) is 10.6. The molecule has 0 heterocycles. The average Bonchev–Trinajstić information content (AvgIpc) is 2.36. The lowest BCUT2D eigenvalue weighted by molar-refractivity contribution is 0.0601. The van der Waals surface area contributed by atoms with E-state index in [9.17, 15) is 4.79 Å². The lowest BCUT2D eigenvalue weighted by atomic mass is 10.0. The summed E-state index contributed by atoms with van der Waals surface area (Å²) in [6.07, 6.45) is 0. The summed E-state index contributed by atoms with van der Waals surface area (Å²) in [6, 6.07) is 11.4. The van der Waals surface area contributed by atoms with Crippen LogP contribution in [0.15, 0.2) is 36.4 Å². The Labute approximate surface area is 93.8 Å². The molecule has 0 bridgehead atoms. The Morgan fingerprint density at radius 2 is 1.88 bits per heavy atom. The van der Waals surface area contributed by atoms with Crippen LogP contribution in [-0.2, 0) is 11.3 Å². The van der Waals surface area contributed by atoms with Crippen LogP contribution < -0.4 is 5.73 Å². The molecule has 0 atom stereocenters. The minimum atomic E-state index is -0.315. The van der Waals surface area contributed by atoms with Gasteiger partial charge < -0.3 is 10.5 Å². The van der Waals surface area contributed by atoms with E-state index >= 15 is 0 Å². The van der Waals surface area contributed by atoms with Gasteiger partial charge in [-0.1, -0.05) is 18.2 Å². The van der Waals surface area contributed by atoms with E-state index in [1.54, 1.807) is 6.07 Å². The smallest absolute Gasteiger partial charge is 0.337 e. The van der Waals surface area contributed by atoms with Crippen molar-refractivity contribution < 1.29 is 9.53 Å². The maximum Gasteiger partial charge on any atom is 0.337 e. The molecule has 0 saturated heterocycles. The fraction of sp³-hybridized carbons (Fsp3) is 0.154. The third-order valence-electron chi connectivity index (χ3n) is 2.56. The Balaban J connectivity index is 2.51. The third kappa shape index (κ3) is 1.90. The minimum absolute atomic E-state index is 0.315. The molecule has 0 fully saturated rings. The van der Waals surface area contributed by atoms with Gasteiger partial charge in [-0.15, -0.1) is 0 Å². The molecule has 0 saturated carbocycles. The van der Waals surface area contributed by atoms with Crippen LogP contribution in [0.5, 0.6) is 0 Å². The van der Waals surface area contributed by atoms with Gasteiger partial charge in [-0.05, 0) is 34.5 Å². The van der Waals surface area contributed by atoms with Crippen LogP contribution >= 0.6 is 0 Å². The molecule has 2 aromatic rings. The van der Waals surface area contributed by atoms with Crippen molar-refractivity contribution in [2.45, 2.75) is 6.54 Å². The Morgan fingerprint density at radius 3 is 2.56 bits per heavy atom. The van der Waals surface area contributed by atoms with Crippen molar-refractivity contribution in [2.24, 2.45) is 5.73 Å². The van der Waals surface area contributed by atoms with Crippen molar-refractivity contribution in [1.82, 2.24) is 0 Å². The summed E-state index contributed by atoms with van der Waals surface area (Å²) in [6.45, 7) is 0.523. The van der Waals surface area contributed by atoms with Crippen molar-refractivity contribution >= 4 is 16.7 Å². The molecule has 0 aliphatic rings. The summed E-state index contributed by atoms with van der Waals surface area (Å²) in [5.41, 5.74) is 7.21. The van der Waals surface area contributed by atoms with Crippen LogP contribution in [0, 0.1) is 0 Å². The van der Waals surface area contributed by atoms with E-state index in [0.29, 0.717) is 12.1 Å². The molecule has 0 aliphatic heterocycles. The predicted octanol–water partition coefficient (Wildman–Crippen LogP) is 2.09. The largest absolute Gasteiger partial charge is 0.465 e. The summed E-state index contributed by atoms with van der Waals surface area (Å²) in [5.74, 6) is -0.315. The van der Waals surface area contributed by atoms with Gasteiger partial charge in [-0.25, -0.2) is 4.79 Å². The first-order valence-electron chi connectivity index (χ1n) is 5.05. The summed E-state index contributed by atoms with van der Waals surface area (Å²) in [4.78, 5) is 11.3. The second-order valence-electron chi connectivity index (χ2n) is 3.59. The van der Waals surface area contributed by atoms with E-state index < -0.39 is 0 Å². The number of carbonyl (C=O) groups excluding carboxylic acids is 1. The number of hydrogen-bond acceptors (Lipinski definition) is 3. The normalized spacial score (nSPS) is 10.4. The molecule has 2 rings (SSSR count). The first-order chi connectivity index (χ1) is 7.74. The Bertz CT molecular complexity index is 534. The maximum atomic E-state index is 11.3. The number of hydrogen-bond donors (Lipinski definition) is 1. The zero-order valence-electron chi connectivity index (χ0n) is 9.07. The van der Waals surface area contributed by atoms with Gasteiger partial charge in [0.15, 0.2) is 0 Å². The van der Waals surface area contributed by atoms with Crippen LogP contribution in [-0.4, -0.2) is 13.1 Å². The van der Waals surface area contributed by atoms with Crippen LogP contribution in [0.2, 0.25) is 0 Å². The number of carbonyl (C=O) groups is 1. The van der Waals surface area contributed by atoms with Gasteiger partial charge in [-0.3, -0.25) is 0 Å². The van der Waals surface area contributed by atoms with E-state index in [-0.39, 0.29) is 5.97 Å². The molecule has 0 spiro atoms. The Morgan fingerprint density at radius 1 is 1.19 bits per heavy atom. The molecule has 2 N–H and O–H groups in total.